The molecule has 0 spiro atoms. The summed E-state index contributed by atoms with van der Waals surface area (Å²) in [5.74, 6) is 0.0722. The van der Waals surface area contributed by atoms with Gasteiger partial charge < -0.3 is 16.4 Å². The molecule has 1 aliphatic heterocycles. The number of thiophene rings is 1. The Bertz CT molecular complexity index is 764. The Morgan fingerprint density at radius 3 is 2.92 bits per heavy atom. The zero-order valence-corrected chi connectivity index (χ0v) is 14.7. The predicted molar refractivity (Wildman–Crippen MR) is 97.6 cm³/mol. The van der Waals surface area contributed by atoms with Crippen molar-refractivity contribution in [2.75, 3.05) is 0 Å². The molecule has 0 unspecified atom stereocenters. The van der Waals surface area contributed by atoms with Crippen LogP contribution in [0.15, 0.2) is 35.7 Å². The molecule has 4 rings (SSSR count). The third-order valence-electron chi connectivity index (χ3n) is 5.27. The minimum absolute atomic E-state index is 0.0599. The Balaban J connectivity index is 1.37. The van der Waals surface area contributed by atoms with Crippen LogP contribution in [-0.4, -0.2) is 24.2 Å². The van der Waals surface area contributed by atoms with Crippen LogP contribution in [0.2, 0.25) is 0 Å². The van der Waals surface area contributed by atoms with Crippen LogP contribution in [0.5, 0.6) is 0 Å². The van der Waals surface area contributed by atoms with Crippen LogP contribution in [0.3, 0.4) is 0 Å². The average molecular weight is 359 g/mol. The molecule has 4 nitrogen and oxygen atoms in total. The van der Waals surface area contributed by atoms with Crippen LogP contribution in [0.4, 0.5) is 4.39 Å². The highest BCUT2D eigenvalue weighted by Crippen LogP contribution is 2.35. The molecule has 1 aromatic heterocycles. The zero-order chi connectivity index (χ0) is 17.4. The van der Waals surface area contributed by atoms with E-state index in [1.54, 1.807) is 17.4 Å². The lowest BCUT2D eigenvalue weighted by Crippen LogP contribution is -2.53. The van der Waals surface area contributed by atoms with E-state index in [1.807, 2.05) is 23.6 Å². The van der Waals surface area contributed by atoms with Crippen molar-refractivity contribution < 1.29 is 9.18 Å². The Kier molecular flexibility index (Phi) is 4.58. The third kappa shape index (κ3) is 3.47. The summed E-state index contributed by atoms with van der Waals surface area (Å²) < 4.78 is 14.4. The second-order valence-electron chi connectivity index (χ2n) is 7.02. The smallest absolute Gasteiger partial charge is 0.238 e. The molecule has 2 aromatic rings. The Morgan fingerprint density at radius 2 is 2.28 bits per heavy atom. The number of rotatable bonds is 5. The van der Waals surface area contributed by atoms with Crippen molar-refractivity contribution in [2.24, 2.45) is 11.7 Å². The number of carbonyl (C=O) groups is 1. The molecule has 1 aliphatic carbocycles. The van der Waals surface area contributed by atoms with Crippen LogP contribution < -0.4 is 16.4 Å². The molecule has 132 valence electrons. The van der Waals surface area contributed by atoms with Gasteiger partial charge in [0.25, 0.3) is 0 Å². The van der Waals surface area contributed by atoms with E-state index in [2.05, 4.69) is 10.6 Å². The lowest BCUT2D eigenvalue weighted by Gasteiger charge is -2.24. The first-order valence-corrected chi connectivity index (χ1v) is 9.62. The molecule has 1 saturated heterocycles. The Hall–Kier alpha value is -1.76. The summed E-state index contributed by atoms with van der Waals surface area (Å²) >= 11 is 1.58. The summed E-state index contributed by atoms with van der Waals surface area (Å²) in [5, 5.41) is 8.16. The van der Waals surface area contributed by atoms with Crippen molar-refractivity contribution >= 4 is 17.2 Å². The number of hydrogen-bond donors (Lipinski definition) is 3. The summed E-state index contributed by atoms with van der Waals surface area (Å²) in [6.45, 7) is 0. The molecule has 4 atom stereocenters. The normalized spacial score (nSPS) is 25.9. The molecule has 1 saturated carbocycles. The van der Waals surface area contributed by atoms with Gasteiger partial charge in [0.05, 0.1) is 12.2 Å². The molecule has 2 aliphatic rings. The predicted octanol–water partition coefficient (Wildman–Crippen LogP) is 2.64. The highest BCUT2D eigenvalue weighted by Gasteiger charge is 2.42. The summed E-state index contributed by atoms with van der Waals surface area (Å²) in [4.78, 5) is 13.4. The maximum Gasteiger partial charge on any atom is 0.238 e. The number of fused-ring (bicyclic) bond motifs is 2. The number of benzene rings is 1. The fraction of sp³-hybridized carbons (Fsp3) is 0.421. The third-order valence-corrected chi connectivity index (χ3v) is 6.19. The molecule has 6 heteroatoms. The summed E-state index contributed by atoms with van der Waals surface area (Å²) in [6, 6.07) is 9.43. The van der Waals surface area contributed by atoms with Crippen molar-refractivity contribution in [1.82, 2.24) is 10.6 Å². The molecule has 1 amide bonds. The molecular formula is C19H22FN3OS. The number of hydrogen-bond acceptors (Lipinski definition) is 4. The molecule has 4 N–H and O–H groups in total. The van der Waals surface area contributed by atoms with E-state index in [9.17, 15) is 9.18 Å². The number of halogens is 1. The first-order valence-electron chi connectivity index (χ1n) is 8.74. The maximum absolute atomic E-state index is 14.4. The number of piperidine rings is 1. The lowest BCUT2D eigenvalue weighted by molar-refractivity contribution is -0.124. The first kappa shape index (κ1) is 16.7. The van der Waals surface area contributed by atoms with Crippen LogP contribution >= 0.6 is 11.3 Å². The van der Waals surface area contributed by atoms with Crippen molar-refractivity contribution in [2.45, 2.75) is 43.9 Å². The minimum atomic E-state index is -0.587. The van der Waals surface area contributed by atoms with Crippen molar-refractivity contribution in [3.63, 3.8) is 0 Å². The number of nitrogens with one attached hydrogen (secondary N) is 2. The van der Waals surface area contributed by atoms with Gasteiger partial charge in [0, 0.05) is 17.3 Å². The van der Waals surface area contributed by atoms with Crippen molar-refractivity contribution in [3.8, 4) is 10.4 Å². The zero-order valence-electron chi connectivity index (χ0n) is 13.9. The van der Waals surface area contributed by atoms with Gasteiger partial charge in [-0.15, -0.1) is 11.3 Å². The van der Waals surface area contributed by atoms with Gasteiger partial charge in [-0.05, 0) is 53.8 Å². The van der Waals surface area contributed by atoms with Gasteiger partial charge in [-0.25, -0.2) is 4.39 Å². The van der Waals surface area contributed by atoms with Gasteiger partial charge in [0.1, 0.15) is 5.82 Å². The SMILES string of the molecule is N[C@H](Cc1ccc(-c2cccs2)cc1F)NC(=O)[C@H]1N[C@@H]2CC[C@H]1C2. The Labute approximate surface area is 150 Å². The molecule has 1 aromatic carbocycles. The van der Waals surface area contributed by atoms with E-state index in [4.69, 9.17) is 5.73 Å². The quantitative estimate of drug-likeness (QED) is 0.719. The average Bonchev–Trinajstić information content (AvgIpc) is 3.34. The molecule has 25 heavy (non-hydrogen) atoms. The highest BCUT2D eigenvalue weighted by molar-refractivity contribution is 7.13. The van der Waals surface area contributed by atoms with Gasteiger partial charge in [-0.2, -0.15) is 0 Å². The fourth-order valence-electron chi connectivity index (χ4n) is 4.02. The van der Waals surface area contributed by atoms with E-state index < -0.39 is 6.17 Å². The largest absolute Gasteiger partial charge is 0.339 e. The van der Waals surface area contributed by atoms with Gasteiger partial charge in [-0.3, -0.25) is 4.79 Å². The molecule has 2 fully saturated rings. The molecule has 0 radical (unpaired) electrons. The summed E-state index contributed by atoms with van der Waals surface area (Å²) in [6.07, 6.45) is 3.02. The first-order chi connectivity index (χ1) is 12.1. The van der Waals surface area contributed by atoms with E-state index in [0.717, 1.165) is 29.7 Å². The van der Waals surface area contributed by atoms with E-state index in [0.29, 0.717) is 17.5 Å². The van der Waals surface area contributed by atoms with Crippen LogP contribution in [0, 0.1) is 11.7 Å². The lowest BCUT2D eigenvalue weighted by atomic mass is 9.99. The molecular weight excluding hydrogens is 337 g/mol. The maximum atomic E-state index is 14.4. The minimum Gasteiger partial charge on any atom is -0.339 e. The summed E-state index contributed by atoms with van der Waals surface area (Å²) in [5.41, 5.74) is 7.43. The standard InChI is InChI=1S/C19H22FN3OS/c20-15-9-12(16-2-1-7-25-16)4-3-11(15)10-17(21)23-19(24)18-13-5-6-14(8-13)22-18/h1-4,7,9,13-14,17-18,22H,5-6,8,10,21H2,(H,23,24)/t13-,14+,17-,18-/m0/s1. The van der Waals surface area contributed by atoms with Crippen LogP contribution in [0.1, 0.15) is 24.8 Å². The van der Waals surface area contributed by atoms with E-state index in [-0.39, 0.29) is 24.2 Å². The van der Waals surface area contributed by atoms with Gasteiger partial charge in [0.2, 0.25) is 5.91 Å². The topological polar surface area (TPSA) is 67.1 Å². The number of amides is 1. The molecule has 2 bridgehead atoms. The summed E-state index contributed by atoms with van der Waals surface area (Å²) in [7, 11) is 0. The van der Waals surface area contributed by atoms with E-state index >= 15 is 0 Å². The van der Waals surface area contributed by atoms with E-state index in [1.165, 1.54) is 6.07 Å². The van der Waals surface area contributed by atoms with Gasteiger partial charge in [0.15, 0.2) is 0 Å². The van der Waals surface area contributed by atoms with Crippen LogP contribution in [-0.2, 0) is 11.2 Å². The number of nitrogens with two attached hydrogens (primary N) is 1. The second-order valence-corrected chi connectivity index (χ2v) is 7.96. The Morgan fingerprint density at radius 1 is 1.40 bits per heavy atom. The van der Waals surface area contributed by atoms with Crippen molar-refractivity contribution in [3.05, 3.63) is 47.1 Å². The van der Waals surface area contributed by atoms with Gasteiger partial charge >= 0.3 is 0 Å². The highest BCUT2D eigenvalue weighted by atomic mass is 32.1. The van der Waals surface area contributed by atoms with Crippen LogP contribution in [0.25, 0.3) is 10.4 Å². The molecule has 2 heterocycles. The number of carbonyl (C=O) groups excluding carboxylic acids is 1. The van der Waals surface area contributed by atoms with Crippen molar-refractivity contribution in [1.29, 1.82) is 0 Å². The fourth-order valence-corrected chi connectivity index (χ4v) is 4.74. The second kappa shape index (κ2) is 6.86. The van der Waals surface area contributed by atoms with Gasteiger partial charge in [-0.1, -0.05) is 18.2 Å². The monoisotopic (exact) mass is 359 g/mol.